The third-order valence-electron chi connectivity index (χ3n) is 3.16. The van der Waals surface area contributed by atoms with Crippen molar-refractivity contribution in [3.8, 4) is 0 Å². The molecule has 1 aliphatic rings. The van der Waals surface area contributed by atoms with Gasteiger partial charge in [0.15, 0.2) is 0 Å². The van der Waals surface area contributed by atoms with Crippen molar-refractivity contribution in [1.82, 2.24) is 5.32 Å². The normalized spacial score (nSPS) is 18.7. The first-order valence-corrected chi connectivity index (χ1v) is 6.62. The van der Waals surface area contributed by atoms with Gasteiger partial charge >= 0.3 is 5.97 Å². The molecule has 2 atom stereocenters. The van der Waals surface area contributed by atoms with Crippen LogP contribution in [0.4, 0.5) is 0 Å². The summed E-state index contributed by atoms with van der Waals surface area (Å²) in [5.74, 6) is -0.441. The summed E-state index contributed by atoms with van der Waals surface area (Å²) in [6.45, 7) is 2.00. The number of carboxylic acids is 1. The molecule has 4 heteroatoms. The van der Waals surface area contributed by atoms with Crippen LogP contribution < -0.4 is 5.32 Å². The smallest absolute Gasteiger partial charge is 0.320 e. The summed E-state index contributed by atoms with van der Waals surface area (Å²) in [4.78, 5) is 11.2. The Morgan fingerprint density at radius 2 is 2.12 bits per heavy atom. The van der Waals surface area contributed by atoms with Crippen LogP contribution in [0, 0.1) is 5.92 Å². The molecule has 1 saturated carbocycles. The van der Waals surface area contributed by atoms with Crippen molar-refractivity contribution >= 4 is 21.9 Å². The van der Waals surface area contributed by atoms with Gasteiger partial charge in [0.05, 0.1) is 0 Å². The molecule has 0 saturated heterocycles. The molecule has 0 heterocycles. The lowest BCUT2D eigenvalue weighted by molar-refractivity contribution is -0.140. The van der Waals surface area contributed by atoms with Crippen molar-refractivity contribution in [3.05, 3.63) is 34.3 Å². The molecule has 1 aromatic carbocycles. The number of carbonyl (C=O) groups is 1. The molecule has 1 aromatic rings. The van der Waals surface area contributed by atoms with Gasteiger partial charge in [-0.15, -0.1) is 0 Å². The van der Waals surface area contributed by atoms with Gasteiger partial charge in [-0.2, -0.15) is 0 Å². The fraction of sp³-hybridized carbons (Fsp3) is 0.462. The second-order valence-electron chi connectivity index (χ2n) is 4.56. The van der Waals surface area contributed by atoms with E-state index in [9.17, 15) is 9.90 Å². The summed E-state index contributed by atoms with van der Waals surface area (Å²) < 4.78 is 1.01. The maximum absolute atomic E-state index is 11.2. The topological polar surface area (TPSA) is 49.3 Å². The van der Waals surface area contributed by atoms with Gasteiger partial charge in [0.25, 0.3) is 0 Å². The van der Waals surface area contributed by atoms with Crippen LogP contribution in [0.2, 0.25) is 0 Å². The Labute approximate surface area is 109 Å². The average Bonchev–Trinajstić information content (AvgIpc) is 3.09. The Hall–Kier alpha value is -0.870. The maximum atomic E-state index is 11.2. The van der Waals surface area contributed by atoms with Gasteiger partial charge in [0.2, 0.25) is 0 Å². The summed E-state index contributed by atoms with van der Waals surface area (Å²) in [5, 5.41) is 12.4. The van der Waals surface area contributed by atoms with Crippen LogP contribution in [0.15, 0.2) is 28.7 Å². The number of aliphatic carboxylic acids is 1. The van der Waals surface area contributed by atoms with Gasteiger partial charge in [-0.1, -0.05) is 34.1 Å². The molecule has 0 bridgehead atoms. The van der Waals surface area contributed by atoms with E-state index in [-0.39, 0.29) is 6.04 Å². The monoisotopic (exact) mass is 297 g/mol. The zero-order valence-corrected chi connectivity index (χ0v) is 11.3. The lowest BCUT2D eigenvalue weighted by Gasteiger charge is -2.21. The van der Waals surface area contributed by atoms with Crippen LogP contribution in [0.25, 0.3) is 0 Å². The number of halogens is 1. The molecule has 2 N–H and O–H groups in total. The molecule has 1 unspecified atom stereocenters. The number of carboxylic acid groups (broad SMARTS) is 1. The minimum atomic E-state index is -0.744. The Balaban J connectivity index is 2.07. The zero-order chi connectivity index (χ0) is 12.4. The van der Waals surface area contributed by atoms with Crippen molar-refractivity contribution < 1.29 is 9.90 Å². The van der Waals surface area contributed by atoms with E-state index in [1.807, 2.05) is 31.2 Å². The van der Waals surface area contributed by atoms with Gasteiger partial charge < -0.3 is 5.11 Å². The van der Waals surface area contributed by atoms with E-state index in [2.05, 4.69) is 21.2 Å². The molecule has 0 aliphatic heterocycles. The van der Waals surface area contributed by atoms with Crippen molar-refractivity contribution in [3.63, 3.8) is 0 Å². The molecule has 0 amide bonds. The predicted molar refractivity (Wildman–Crippen MR) is 69.8 cm³/mol. The fourth-order valence-corrected chi connectivity index (χ4v) is 2.65. The second kappa shape index (κ2) is 5.19. The molecule has 2 rings (SSSR count). The highest BCUT2D eigenvalue weighted by Gasteiger charge is 2.37. The standard InChI is InChI=1S/C13H16BrNO2/c1-8(10-4-2-3-5-11(10)14)15-12(13(16)17)9-6-7-9/h2-5,8-9,12,15H,6-7H2,1H3,(H,16,17)/t8-,12?/m0/s1. The Kier molecular flexibility index (Phi) is 3.84. The summed E-state index contributed by atoms with van der Waals surface area (Å²) in [6, 6.07) is 7.51. The molecule has 17 heavy (non-hydrogen) atoms. The highest BCUT2D eigenvalue weighted by Crippen LogP contribution is 2.34. The first-order valence-electron chi connectivity index (χ1n) is 5.83. The lowest BCUT2D eigenvalue weighted by atomic mass is 10.1. The van der Waals surface area contributed by atoms with E-state index >= 15 is 0 Å². The third kappa shape index (κ3) is 3.07. The molecule has 1 aliphatic carbocycles. The largest absolute Gasteiger partial charge is 0.480 e. The van der Waals surface area contributed by atoms with E-state index in [1.54, 1.807) is 0 Å². The van der Waals surface area contributed by atoms with Crippen molar-refractivity contribution in [2.75, 3.05) is 0 Å². The average molecular weight is 298 g/mol. The Morgan fingerprint density at radius 3 is 2.65 bits per heavy atom. The van der Waals surface area contributed by atoms with E-state index < -0.39 is 12.0 Å². The molecule has 1 fully saturated rings. The van der Waals surface area contributed by atoms with E-state index in [0.717, 1.165) is 22.9 Å². The SMILES string of the molecule is C[C@H](NC(C(=O)O)C1CC1)c1ccccc1Br. The number of benzene rings is 1. The second-order valence-corrected chi connectivity index (χ2v) is 5.42. The predicted octanol–water partition coefficient (Wildman–Crippen LogP) is 2.96. The van der Waals surface area contributed by atoms with Crippen molar-refractivity contribution in [2.45, 2.75) is 31.8 Å². The van der Waals surface area contributed by atoms with Crippen LogP contribution >= 0.6 is 15.9 Å². The number of hydrogen-bond donors (Lipinski definition) is 2. The maximum Gasteiger partial charge on any atom is 0.320 e. The molecule has 0 aromatic heterocycles. The van der Waals surface area contributed by atoms with Gasteiger partial charge in [-0.25, -0.2) is 0 Å². The van der Waals surface area contributed by atoms with E-state index in [4.69, 9.17) is 0 Å². The van der Waals surface area contributed by atoms with Gasteiger partial charge in [0.1, 0.15) is 6.04 Å². The van der Waals surface area contributed by atoms with Gasteiger partial charge in [-0.05, 0) is 37.3 Å². The summed E-state index contributed by atoms with van der Waals surface area (Å²) >= 11 is 3.49. The van der Waals surface area contributed by atoms with Crippen LogP contribution in [0.5, 0.6) is 0 Å². The van der Waals surface area contributed by atoms with Crippen molar-refractivity contribution in [2.24, 2.45) is 5.92 Å². The molecule has 3 nitrogen and oxygen atoms in total. The molecule has 0 radical (unpaired) electrons. The quantitative estimate of drug-likeness (QED) is 0.878. The first-order chi connectivity index (χ1) is 8.09. The first kappa shape index (κ1) is 12.6. The minimum absolute atomic E-state index is 0.0345. The molecular formula is C13H16BrNO2. The summed E-state index contributed by atoms with van der Waals surface area (Å²) in [7, 11) is 0. The molecule has 92 valence electrons. The third-order valence-corrected chi connectivity index (χ3v) is 3.88. The molecular weight excluding hydrogens is 282 g/mol. The lowest BCUT2D eigenvalue weighted by Crippen LogP contribution is -2.40. The van der Waals surface area contributed by atoms with Crippen molar-refractivity contribution in [1.29, 1.82) is 0 Å². The van der Waals surface area contributed by atoms with E-state index in [0.29, 0.717) is 5.92 Å². The van der Waals surface area contributed by atoms with Gasteiger partial charge in [0, 0.05) is 10.5 Å². The highest BCUT2D eigenvalue weighted by atomic mass is 79.9. The van der Waals surface area contributed by atoms with E-state index in [1.165, 1.54) is 0 Å². The number of nitrogens with one attached hydrogen (secondary N) is 1. The summed E-state index contributed by atoms with van der Waals surface area (Å²) in [5.41, 5.74) is 1.10. The fourth-order valence-electron chi connectivity index (χ4n) is 2.02. The Morgan fingerprint density at radius 1 is 1.47 bits per heavy atom. The Bertz CT molecular complexity index is 418. The number of hydrogen-bond acceptors (Lipinski definition) is 2. The van der Waals surface area contributed by atoms with Crippen LogP contribution in [0.3, 0.4) is 0 Å². The summed E-state index contributed by atoms with van der Waals surface area (Å²) in [6.07, 6.45) is 2.04. The highest BCUT2D eigenvalue weighted by molar-refractivity contribution is 9.10. The zero-order valence-electron chi connectivity index (χ0n) is 9.69. The van der Waals surface area contributed by atoms with Crippen LogP contribution in [-0.2, 0) is 4.79 Å². The molecule has 0 spiro atoms. The van der Waals surface area contributed by atoms with Crippen LogP contribution in [-0.4, -0.2) is 17.1 Å². The number of rotatable bonds is 5. The minimum Gasteiger partial charge on any atom is -0.480 e. The van der Waals surface area contributed by atoms with Gasteiger partial charge in [-0.3, -0.25) is 10.1 Å². The van der Waals surface area contributed by atoms with Crippen LogP contribution in [0.1, 0.15) is 31.4 Å².